The van der Waals surface area contributed by atoms with E-state index in [0.717, 1.165) is 16.7 Å². The van der Waals surface area contributed by atoms with Crippen LogP contribution >= 0.6 is 0 Å². The molecule has 0 fully saturated rings. The lowest BCUT2D eigenvalue weighted by molar-refractivity contribution is -0.141. The first-order chi connectivity index (χ1) is 15.6. The minimum absolute atomic E-state index is 0.0902. The predicted molar refractivity (Wildman–Crippen MR) is 124 cm³/mol. The van der Waals surface area contributed by atoms with Crippen molar-refractivity contribution in [3.05, 3.63) is 107 Å². The standard InChI is InChI=1S/C27H29FN2O2/c1-2-9-26(31)30(20-23-14-16-24(28)17-15-23)25(18-21-10-5-3-6-11-21)27(32)29-19-22-12-7-4-8-13-22/h3-8,10-17,25H,2,9,18-20H2,1H3,(H,29,32)/t25-/m0/s1. The fourth-order valence-corrected chi connectivity index (χ4v) is 3.60. The van der Waals surface area contributed by atoms with Crippen LogP contribution in [0.1, 0.15) is 36.5 Å². The van der Waals surface area contributed by atoms with E-state index in [2.05, 4.69) is 5.32 Å². The molecular weight excluding hydrogens is 403 g/mol. The van der Waals surface area contributed by atoms with Crippen molar-refractivity contribution in [2.75, 3.05) is 0 Å². The fourth-order valence-electron chi connectivity index (χ4n) is 3.60. The molecule has 0 heterocycles. The zero-order chi connectivity index (χ0) is 22.8. The number of benzene rings is 3. The van der Waals surface area contributed by atoms with Gasteiger partial charge in [-0.1, -0.05) is 79.7 Å². The molecule has 0 bridgehead atoms. The van der Waals surface area contributed by atoms with Gasteiger partial charge in [-0.25, -0.2) is 4.39 Å². The Balaban J connectivity index is 1.87. The van der Waals surface area contributed by atoms with Crippen LogP contribution in [0.4, 0.5) is 4.39 Å². The van der Waals surface area contributed by atoms with Crippen molar-refractivity contribution in [1.29, 1.82) is 0 Å². The second-order valence-electron chi connectivity index (χ2n) is 7.81. The number of nitrogens with one attached hydrogen (secondary N) is 1. The van der Waals surface area contributed by atoms with Crippen LogP contribution < -0.4 is 5.32 Å². The highest BCUT2D eigenvalue weighted by Gasteiger charge is 2.29. The van der Waals surface area contributed by atoms with E-state index in [1.165, 1.54) is 12.1 Å². The number of rotatable bonds is 10. The lowest BCUT2D eigenvalue weighted by atomic mass is 10.0. The molecular formula is C27H29FN2O2. The van der Waals surface area contributed by atoms with E-state index in [-0.39, 0.29) is 24.2 Å². The molecule has 0 aliphatic rings. The van der Waals surface area contributed by atoms with Crippen LogP contribution in [0, 0.1) is 5.82 Å². The van der Waals surface area contributed by atoms with Crippen molar-refractivity contribution in [2.24, 2.45) is 0 Å². The first-order valence-electron chi connectivity index (χ1n) is 11.0. The number of carbonyl (C=O) groups is 2. The molecule has 3 aromatic rings. The SMILES string of the molecule is CCCC(=O)N(Cc1ccc(F)cc1)[C@@H](Cc1ccccc1)C(=O)NCc1ccccc1. The van der Waals surface area contributed by atoms with Gasteiger partial charge in [-0.2, -0.15) is 0 Å². The number of nitrogens with zero attached hydrogens (tertiary/aromatic N) is 1. The van der Waals surface area contributed by atoms with E-state index in [0.29, 0.717) is 25.8 Å². The number of amides is 2. The summed E-state index contributed by atoms with van der Waals surface area (Å²) in [5, 5.41) is 3.00. The normalized spacial score (nSPS) is 11.6. The minimum Gasteiger partial charge on any atom is -0.350 e. The van der Waals surface area contributed by atoms with Crippen LogP contribution in [0.2, 0.25) is 0 Å². The Morgan fingerprint density at radius 1 is 0.844 bits per heavy atom. The third-order valence-corrected chi connectivity index (χ3v) is 5.31. The topological polar surface area (TPSA) is 49.4 Å². The molecule has 3 rings (SSSR count). The van der Waals surface area contributed by atoms with E-state index in [4.69, 9.17) is 0 Å². The zero-order valence-corrected chi connectivity index (χ0v) is 18.3. The predicted octanol–water partition coefficient (Wildman–Crippen LogP) is 4.88. The largest absolute Gasteiger partial charge is 0.350 e. The molecule has 3 aromatic carbocycles. The Bertz CT molecular complexity index is 991. The molecule has 1 N–H and O–H groups in total. The zero-order valence-electron chi connectivity index (χ0n) is 18.3. The second-order valence-corrected chi connectivity index (χ2v) is 7.81. The van der Waals surface area contributed by atoms with Gasteiger partial charge in [0.2, 0.25) is 11.8 Å². The summed E-state index contributed by atoms with van der Waals surface area (Å²) >= 11 is 0. The van der Waals surface area contributed by atoms with Gasteiger partial charge >= 0.3 is 0 Å². The van der Waals surface area contributed by atoms with Gasteiger partial charge in [0.1, 0.15) is 11.9 Å². The lowest BCUT2D eigenvalue weighted by Gasteiger charge is -2.31. The Kier molecular flexibility index (Phi) is 8.55. The average molecular weight is 433 g/mol. The molecule has 32 heavy (non-hydrogen) atoms. The van der Waals surface area contributed by atoms with Gasteiger partial charge in [-0.15, -0.1) is 0 Å². The summed E-state index contributed by atoms with van der Waals surface area (Å²) in [6.07, 6.45) is 1.43. The van der Waals surface area contributed by atoms with Crippen LogP contribution in [0.15, 0.2) is 84.9 Å². The van der Waals surface area contributed by atoms with Gasteiger partial charge in [0.15, 0.2) is 0 Å². The van der Waals surface area contributed by atoms with Gasteiger partial charge in [-0.05, 0) is 35.2 Å². The van der Waals surface area contributed by atoms with Crippen molar-refractivity contribution in [1.82, 2.24) is 10.2 Å². The number of hydrogen-bond acceptors (Lipinski definition) is 2. The summed E-state index contributed by atoms with van der Waals surface area (Å²) in [4.78, 5) is 28.1. The summed E-state index contributed by atoms with van der Waals surface area (Å²) in [5.41, 5.74) is 2.75. The second kappa shape index (κ2) is 11.8. The molecule has 0 aromatic heterocycles. The highest BCUT2D eigenvalue weighted by Crippen LogP contribution is 2.17. The minimum atomic E-state index is -0.676. The molecule has 166 valence electrons. The highest BCUT2D eigenvalue weighted by molar-refractivity contribution is 5.88. The van der Waals surface area contributed by atoms with Crippen molar-refractivity contribution < 1.29 is 14.0 Å². The summed E-state index contributed by atoms with van der Waals surface area (Å²) in [6, 6.07) is 24.7. The number of carbonyl (C=O) groups excluding carboxylic acids is 2. The summed E-state index contributed by atoms with van der Waals surface area (Å²) in [5.74, 6) is -0.626. The molecule has 0 spiro atoms. The van der Waals surface area contributed by atoms with Gasteiger partial charge in [0.05, 0.1) is 0 Å². The van der Waals surface area contributed by atoms with Gasteiger partial charge < -0.3 is 10.2 Å². The molecule has 4 nitrogen and oxygen atoms in total. The monoisotopic (exact) mass is 432 g/mol. The molecule has 0 saturated heterocycles. The smallest absolute Gasteiger partial charge is 0.243 e. The van der Waals surface area contributed by atoms with Crippen molar-refractivity contribution in [3.8, 4) is 0 Å². The Morgan fingerprint density at radius 2 is 1.44 bits per heavy atom. The molecule has 5 heteroatoms. The maximum absolute atomic E-state index is 13.4. The van der Waals surface area contributed by atoms with Gasteiger partial charge in [-0.3, -0.25) is 9.59 Å². The van der Waals surface area contributed by atoms with Crippen LogP contribution in [-0.2, 0) is 29.1 Å². The van der Waals surface area contributed by atoms with E-state index in [1.54, 1.807) is 17.0 Å². The highest BCUT2D eigenvalue weighted by atomic mass is 19.1. The Morgan fingerprint density at radius 3 is 2.03 bits per heavy atom. The van der Waals surface area contributed by atoms with Crippen molar-refractivity contribution >= 4 is 11.8 Å². The fraction of sp³-hybridized carbons (Fsp3) is 0.259. The molecule has 0 saturated carbocycles. The van der Waals surface area contributed by atoms with E-state index in [1.807, 2.05) is 67.6 Å². The number of hydrogen-bond donors (Lipinski definition) is 1. The molecule has 2 amide bonds. The quantitative estimate of drug-likeness (QED) is 0.496. The maximum Gasteiger partial charge on any atom is 0.243 e. The molecule has 0 radical (unpaired) electrons. The lowest BCUT2D eigenvalue weighted by Crippen LogP contribution is -2.50. The van der Waals surface area contributed by atoms with E-state index in [9.17, 15) is 14.0 Å². The average Bonchev–Trinajstić information content (AvgIpc) is 2.82. The third kappa shape index (κ3) is 6.77. The molecule has 0 aliphatic heterocycles. The summed E-state index contributed by atoms with van der Waals surface area (Å²) in [6.45, 7) is 2.57. The first-order valence-corrected chi connectivity index (χ1v) is 11.0. The number of halogens is 1. The van der Waals surface area contributed by atoms with Crippen LogP contribution in [0.3, 0.4) is 0 Å². The van der Waals surface area contributed by atoms with Crippen LogP contribution in [0.5, 0.6) is 0 Å². The van der Waals surface area contributed by atoms with Crippen molar-refractivity contribution in [2.45, 2.75) is 45.3 Å². The van der Waals surface area contributed by atoms with Gasteiger partial charge in [0, 0.05) is 25.9 Å². The van der Waals surface area contributed by atoms with Gasteiger partial charge in [0.25, 0.3) is 0 Å². The van der Waals surface area contributed by atoms with E-state index >= 15 is 0 Å². The Hall–Kier alpha value is -3.47. The summed E-state index contributed by atoms with van der Waals surface area (Å²) in [7, 11) is 0. The molecule has 0 unspecified atom stereocenters. The van der Waals surface area contributed by atoms with E-state index < -0.39 is 6.04 Å². The summed E-state index contributed by atoms with van der Waals surface area (Å²) < 4.78 is 13.4. The maximum atomic E-state index is 13.4. The van der Waals surface area contributed by atoms with Crippen molar-refractivity contribution in [3.63, 3.8) is 0 Å². The van der Waals surface area contributed by atoms with Crippen LogP contribution in [-0.4, -0.2) is 22.8 Å². The van der Waals surface area contributed by atoms with Crippen LogP contribution in [0.25, 0.3) is 0 Å². The first kappa shape index (κ1) is 23.2. The molecule has 1 atom stereocenters. The molecule has 0 aliphatic carbocycles. The third-order valence-electron chi connectivity index (χ3n) is 5.31. The Labute approximate surface area is 189 Å².